The Morgan fingerprint density at radius 2 is 2.06 bits per heavy atom. The molecular weight excluding hydrogens is 226 g/mol. The normalized spacial score (nSPS) is 22.6. The van der Waals surface area contributed by atoms with Crippen molar-refractivity contribution in [3.63, 3.8) is 0 Å². The van der Waals surface area contributed by atoms with Gasteiger partial charge in [0.05, 0.1) is 14.2 Å². The summed E-state index contributed by atoms with van der Waals surface area (Å²) in [5, 5.41) is 15.2. The molecule has 0 aliphatic carbocycles. The van der Waals surface area contributed by atoms with Crippen LogP contribution in [0.5, 0.6) is 0 Å². The highest BCUT2D eigenvalue weighted by Crippen LogP contribution is 2.19. The monoisotopic (exact) mass is 249 g/mol. The molecule has 0 aromatic heterocycles. The molecule has 1 aliphatic heterocycles. The minimum atomic E-state index is -1.50. The molecule has 2 rings (SSSR count). The Morgan fingerprint density at radius 3 is 2.65 bits per heavy atom. The lowest BCUT2D eigenvalue weighted by Gasteiger charge is -2.28. The average Bonchev–Trinajstić information content (AvgIpc) is 2.83. The van der Waals surface area contributed by atoms with Crippen LogP contribution in [0, 0.1) is 0 Å². The van der Waals surface area contributed by atoms with Crippen LogP contribution in [0.25, 0.3) is 0 Å². The van der Waals surface area contributed by atoms with E-state index in [1.165, 1.54) is 11.6 Å². The summed E-state index contributed by atoms with van der Waals surface area (Å²) < 4.78 is 0. The topological polar surface area (TPSA) is 32.3 Å². The van der Waals surface area contributed by atoms with Crippen molar-refractivity contribution in [3.05, 3.63) is 30.3 Å². The Morgan fingerprint density at radius 1 is 1.35 bits per heavy atom. The molecule has 1 aliphatic rings. The summed E-state index contributed by atoms with van der Waals surface area (Å²) in [6.45, 7) is 5.76. The van der Waals surface area contributed by atoms with Crippen LogP contribution in [-0.4, -0.2) is 31.9 Å². The van der Waals surface area contributed by atoms with Crippen LogP contribution >= 0.6 is 0 Å². The van der Waals surface area contributed by atoms with E-state index in [-0.39, 0.29) is 6.10 Å². The molecule has 1 fully saturated rings. The Balaban J connectivity index is 2.01. The first kappa shape index (κ1) is 12.8. The first-order valence-electron chi connectivity index (χ1n) is 6.56. The van der Waals surface area contributed by atoms with Gasteiger partial charge in [0.1, 0.15) is 0 Å². The number of benzene rings is 1. The van der Waals surface area contributed by atoms with Gasteiger partial charge in [-0.3, -0.25) is 0 Å². The molecule has 1 aromatic rings. The zero-order chi connectivity index (χ0) is 12.3. The lowest BCUT2D eigenvalue weighted by atomic mass is 10.1. The van der Waals surface area contributed by atoms with Gasteiger partial charge in [-0.1, -0.05) is 48.6 Å². The van der Waals surface area contributed by atoms with E-state index < -0.39 is 8.07 Å². The van der Waals surface area contributed by atoms with Crippen LogP contribution in [0.15, 0.2) is 30.3 Å². The fourth-order valence-corrected chi connectivity index (χ4v) is 5.37. The lowest BCUT2D eigenvalue weighted by Crippen LogP contribution is -2.48. The molecule has 17 heavy (non-hydrogen) atoms. The standard InChI is InChI=1S/C14H23NOSi/c1-17(2,12-7-4-3-5-8-12)11-14(16)13-9-6-10-15-13/h3-5,7-8,13-16H,6,9-11H2,1-2H3/t13?,14-/m1/s1. The maximum Gasteiger partial charge on any atom is 0.0832 e. The zero-order valence-corrected chi connectivity index (χ0v) is 11.8. The molecule has 0 bridgehead atoms. The number of rotatable bonds is 4. The Labute approximate surface area is 105 Å². The van der Waals surface area contributed by atoms with Gasteiger partial charge in [-0.2, -0.15) is 0 Å². The summed E-state index contributed by atoms with van der Waals surface area (Å²) in [6.07, 6.45) is 2.15. The fraction of sp³-hybridized carbons (Fsp3) is 0.571. The second-order valence-electron chi connectivity index (χ2n) is 5.72. The molecule has 94 valence electrons. The van der Waals surface area contributed by atoms with Crippen LogP contribution < -0.4 is 10.5 Å². The number of nitrogens with one attached hydrogen (secondary N) is 1. The highest BCUT2D eigenvalue weighted by atomic mass is 28.3. The van der Waals surface area contributed by atoms with Gasteiger partial charge in [0.2, 0.25) is 0 Å². The summed E-state index contributed by atoms with van der Waals surface area (Å²) in [6, 6.07) is 12.0. The van der Waals surface area contributed by atoms with Gasteiger partial charge >= 0.3 is 0 Å². The molecule has 2 nitrogen and oxygen atoms in total. The van der Waals surface area contributed by atoms with E-state index in [2.05, 4.69) is 48.7 Å². The van der Waals surface area contributed by atoms with Crippen LogP contribution in [0.4, 0.5) is 0 Å². The predicted octanol–water partition coefficient (Wildman–Crippen LogP) is 1.71. The SMILES string of the molecule is C[Si](C)(C[C@@H](O)C1CCCN1)c1ccccc1. The van der Waals surface area contributed by atoms with Crippen molar-refractivity contribution in [2.24, 2.45) is 0 Å². The van der Waals surface area contributed by atoms with Gasteiger partial charge in [-0.05, 0) is 25.4 Å². The van der Waals surface area contributed by atoms with E-state index >= 15 is 0 Å². The van der Waals surface area contributed by atoms with Crippen LogP contribution in [0.1, 0.15) is 12.8 Å². The largest absolute Gasteiger partial charge is 0.392 e. The van der Waals surface area contributed by atoms with Crippen molar-refractivity contribution in [1.82, 2.24) is 5.32 Å². The molecule has 1 unspecified atom stereocenters. The zero-order valence-electron chi connectivity index (χ0n) is 10.8. The van der Waals surface area contributed by atoms with Crippen molar-refractivity contribution >= 4 is 13.3 Å². The number of aliphatic hydroxyl groups excluding tert-OH is 1. The van der Waals surface area contributed by atoms with E-state index in [9.17, 15) is 5.11 Å². The quantitative estimate of drug-likeness (QED) is 0.796. The van der Waals surface area contributed by atoms with Gasteiger partial charge in [0, 0.05) is 6.04 Å². The molecule has 1 heterocycles. The number of hydrogen-bond acceptors (Lipinski definition) is 2. The Hall–Kier alpha value is -0.643. The van der Waals surface area contributed by atoms with E-state index in [0.717, 1.165) is 19.0 Å². The molecule has 0 amide bonds. The van der Waals surface area contributed by atoms with Gasteiger partial charge in [-0.15, -0.1) is 0 Å². The van der Waals surface area contributed by atoms with E-state index in [1.54, 1.807) is 0 Å². The minimum Gasteiger partial charge on any atom is -0.392 e. The average molecular weight is 249 g/mol. The van der Waals surface area contributed by atoms with Gasteiger partial charge < -0.3 is 10.4 Å². The third-order valence-corrected chi connectivity index (χ3v) is 7.17. The second kappa shape index (κ2) is 5.34. The smallest absolute Gasteiger partial charge is 0.0832 e. The van der Waals surface area contributed by atoms with E-state index in [4.69, 9.17) is 0 Å². The first-order valence-corrected chi connectivity index (χ1v) is 9.77. The molecule has 1 saturated heterocycles. The minimum absolute atomic E-state index is 0.181. The number of aliphatic hydroxyl groups is 1. The molecule has 3 heteroatoms. The summed E-state index contributed by atoms with van der Waals surface area (Å²) in [5.41, 5.74) is 0. The van der Waals surface area contributed by atoms with Crippen LogP contribution in [0.3, 0.4) is 0 Å². The first-order chi connectivity index (χ1) is 8.09. The van der Waals surface area contributed by atoms with Gasteiger partial charge in [-0.25, -0.2) is 0 Å². The summed E-state index contributed by atoms with van der Waals surface area (Å²) in [7, 11) is -1.50. The van der Waals surface area contributed by atoms with Crippen molar-refractivity contribution in [1.29, 1.82) is 0 Å². The summed E-state index contributed by atoms with van der Waals surface area (Å²) in [5.74, 6) is 0. The third kappa shape index (κ3) is 3.18. The van der Waals surface area contributed by atoms with Crippen molar-refractivity contribution < 1.29 is 5.11 Å². The molecule has 1 aromatic carbocycles. The molecule has 0 saturated carbocycles. The van der Waals surface area contributed by atoms with E-state index in [1.807, 2.05) is 0 Å². The molecular formula is C14H23NOSi. The highest BCUT2D eigenvalue weighted by Gasteiger charge is 2.31. The maximum atomic E-state index is 10.3. The Bertz CT molecular complexity index is 346. The van der Waals surface area contributed by atoms with Crippen LogP contribution in [0.2, 0.25) is 19.1 Å². The predicted molar refractivity (Wildman–Crippen MR) is 75.4 cm³/mol. The lowest BCUT2D eigenvalue weighted by molar-refractivity contribution is 0.153. The third-order valence-electron chi connectivity index (χ3n) is 3.84. The fourth-order valence-electron chi connectivity index (χ4n) is 2.71. The van der Waals surface area contributed by atoms with Crippen molar-refractivity contribution in [2.45, 2.75) is 44.1 Å². The molecule has 2 N–H and O–H groups in total. The maximum absolute atomic E-state index is 10.3. The highest BCUT2D eigenvalue weighted by molar-refractivity contribution is 6.89. The van der Waals surface area contributed by atoms with Crippen LogP contribution in [-0.2, 0) is 0 Å². The molecule has 2 atom stereocenters. The Kier molecular flexibility index (Phi) is 4.02. The van der Waals surface area contributed by atoms with Crippen molar-refractivity contribution in [3.8, 4) is 0 Å². The van der Waals surface area contributed by atoms with Gasteiger partial charge in [0.15, 0.2) is 0 Å². The number of hydrogen-bond donors (Lipinski definition) is 2. The summed E-state index contributed by atoms with van der Waals surface area (Å²) >= 11 is 0. The van der Waals surface area contributed by atoms with Crippen molar-refractivity contribution in [2.75, 3.05) is 6.54 Å². The van der Waals surface area contributed by atoms with E-state index in [0.29, 0.717) is 6.04 Å². The summed E-state index contributed by atoms with van der Waals surface area (Å²) in [4.78, 5) is 0. The molecule has 0 spiro atoms. The molecule has 0 radical (unpaired) electrons. The van der Waals surface area contributed by atoms with Gasteiger partial charge in [0.25, 0.3) is 0 Å². The second-order valence-corrected chi connectivity index (χ2v) is 10.5.